The molecule has 2 aromatic rings. The summed E-state index contributed by atoms with van der Waals surface area (Å²) in [4.78, 5) is 11.7. The highest BCUT2D eigenvalue weighted by Crippen LogP contribution is 2.23. The Kier molecular flexibility index (Phi) is 4.80. The van der Waals surface area contributed by atoms with E-state index in [-0.39, 0.29) is 5.69 Å². The van der Waals surface area contributed by atoms with Crippen LogP contribution in [0.1, 0.15) is 28.7 Å². The number of carbonyl (C=O) groups excluding carboxylic acids is 1. The Morgan fingerprint density at radius 2 is 2.19 bits per heavy atom. The Bertz CT molecular complexity index is 655. The molecule has 0 fully saturated rings. The molecule has 1 heterocycles. The van der Waals surface area contributed by atoms with Crippen LogP contribution < -0.4 is 4.74 Å². The number of hydrogen-bond acceptors (Lipinski definition) is 5. The number of halogens is 1. The molecule has 1 aromatic carbocycles. The fraction of sp³-hybridized carbons (Fsp3) is 0.357. The molecule has 0 aliphatic heterocycles. The van der Waals surface area contributed by atoms with Gasteiger partial charge in [0.05, 0.1) is 26.0 Å². The molecule has 112 valence electrons. The van der Waals surface area contributed by atoms with Gasteiger partial charge in [0.25, 0.3) is 0 Å². The first-order chi connectivity index (χ1) is 10.1. The lowest BCUT2D eigenvalue weighted by Gasteiger charge is -2.09. The van der Waals surface area contributed by atoms with Crippen LogP contribution in [0.4, 0.5) is 0 Å². The highest BCUT2D eigenvalue weighted by Gasteiger charge is 2.18. The zero-order valence-electron chi connectivity index (χ0n) is 12.1. The van der Waals surface area contributed by atoms with Gasteiger partial charge in [-0.15, -0.1) is 5.10 Å². The van der Waals surface area contributed by atoms with Crippen LogP contribution in [0.3, 0.4) is 0 Å². The summed E-state index contributed by atoms with van der Waals surface area (Å²) in [6.45, 7) is 4.22. The maximum absolute atomic E-state index is 11.7. The summed E-state index contributed by atoms with van der Waals surface area (Å²) in [5, 5.41) is 8.47. The molecule has 2 rings (SSSR count). The molecular weight excluding hydrogens is 294 g/mol. The average molecular weight is 310 g/mol. The topological polar surface area (TPSA) is 66.2 Å². The van der Waals surface area contributed by atoms with Crippen molar-refractivity contribution in [3.63, 3.8) is 0 Å². The Morgan fingerprint density at radius 3 is 2.86 bits per heavy atom. The molecule has 0 unspecified atom stereocenters. The molecule has 0 amide bonds. The first-order valence-electron chi connectivity index (χ1n) is 6.46. The van der Waals surface area contributed by atoms with E-state index in [0.717, 1.165) is 5.56 Å². The summed E-state index contributed by atoms with van der Waals surface area (Å²) in [7, 11) is 1.59. The van der Waals surface area contributed by atoms with Crippen LogP contribution in [0.5, 0.6) is 5.75 Å². The Labute approximate surface area is 127 Å². The number of hydrogen-bond donors (Lipinski definition) is 0. The van der Waals surface area contributed by atoms with Crippen molar-refractivity contribution in [1.29, 1.82) is 0 Å². The van der Waals surface area contributed by atoms with E-state index in [9.17, 15) is 4.79 Å². The lowest BCUT2D eigenvalue weighted by Crippen LogP contribution is -2.09. The van der Waals surface area contributed by atoms with Crippen molar-refractivity contribution in [3.05, 3.63) is 40.2 Å². The number of rotatable bonds is 5. The van der Waals surface area contributed by atoms with Gasteiger partial charge in [-0.3, -0.25) is 0 Å². The van der Waals surface area contributed by atoms with Crippen LogP contribution >= 0.6 is 11.6 Å². The number of ether oxygens (including phenoxy) is 2. The van der Waals surface area contributed by atoms with E-state index in [2.05, 4.69) is 10.3 Å². The van der Waals surface area contributed by atoms with E-state index in [4.69, 9.17) is 21.1 Å². The predicted octanol–water partition coefficient (Wildman–Crippen LogP) is 2.47. The molecule has 7 heteroatoms. The quantitative estimate of drug-likeness (QED) is 0.794. The Hall–Kier alpha value is -2.08. The lowest BCUT2D eigenvalue weighted by molar-refractivity contribution is 0.0518. The maximum Gasteiger partial charge on any atom is 0.360 e. The minimum Gasteiger partial charge on any atom is -0.496 e. The summed E-state index contributed by atoms with van der Waals surface area (Å²) in [5.74, 6) is 0.228. The summed E-state index contributed by atoms with van der Waals surface area (Å²) in [6.07, 6.45) is 0. The lowest BCUT2D eigenvalue weighted by atomic mass is 10.2. The zero-order chi connectivity index (χ0) is 15.4. The molecule has 0 bridgehead atoms. The third kappa shape index (κ3) is 3.33. The fourth-order valence-corrected chi connectivity index (χ4v) is 2.13. The molecule has 0 saturated carbocycles. The average Bonchev–Trinajstić information content (AvgIpc) is 2.81. The van der Waals surface area contributed by atoms with E-state index < -0.39 is 5.97 Å². The third-order valence-electron chi connectivity index (χ3n) is 3.01. The third-order valence-corrected chi connectivity index (χ3v) is 3.25. The second-order valence-electron chi connectivity index (χ2n) is 4.36. The van der Waals surface area contributed by atoms with E-state index in [1.54, 1.807) is 43.8 Å². The highest BCUT2D eigenvalue weighted by molar-refractivity contribution is 6.30. The van der Waals surface area contributed by atoms with E-state index in [1.165, 1.54) is 0 Å². The predicted molar refractivity (Wildman–Crippen MR) is 77.8 cm³/mol. The van der Waals surface area contributed by atoms with Crippen LogP contribution in [0, 0.1) is 6.92 Å². The second kappa shape index (κ2) is 6.58. The number of nitrogens with zero attached hydrogens (tertiary/aromatic N) is 3. The summed E-state index contributed by atoms with van der Waals surface area (Å²) < 4.78 is 11.8. The van der Waals surface area contributed by atoms with Gasteiger partial charge in [0.1, 0.15) is 5.75 Å². The molecule has 0 atom stereocenters. The number of carbonyl (C=O) groups is 1. The fourth-order valence-electron chi connectivity index (χ4n) is 1.93. The van der Waals surface area contributed by atoms with E-state index in [0.29, 0.717) is 29.6 Å². The van der Waals surface area contributed by atoms with Gasteiger partial charge in [-0.25, -0.2) is 9.48 Å². The van der Waals surface area contributed by atoms with Gasteiger partial charge in [-0.1, -0.05) is 16.8 Å². The molecule has 0 radical (unpaired) electrons. The summed E-state index contributed by atoms with van der Waals surface area (Å²) in [6, 6.07) is 5.34. The van der Waals surface area contributed by atoms with Crippen molar-refractivity contribution in [3.8, 4) is 5.75 Å². The van der Waals surface area contributed by atoms with Gasteiger partial charge < -0.3 is 9.47 Å². The first-order valence-corrected chi connectivity index (χ1v) is 6.84. The summed E-state index contributed by atoms with van der Waals surface area (Å²) in [5.41, 5.74) is 1.71. The van der Waals surface area contributed by atoms with Gasteiger partial charge in [-0.05, 0) is 32.0 Å². The Balaban J connectivity index is 2.29. The van der Waals surface area contributed by atoms with Crippen molar-refractivity contribution in [1.82, 2.24) is 15.0 Å². The summed E-state index contributed by atoms with van der Waals surface area (Å²) >= 11 is 6.00. The van der Waals surface area contributed by atoms with Crippen molar-refractivity contribution < 1.29 is 14.3 Å². The van der Waals surface area contributed by atoms with E-state index in [1.807, 2.05) is 0 Å². The van der Waals surface area contributed by atoms with Gasteiger partial charge in [-0.2, -0.15) is 0 Å². The Morgan fingerprint density at radius 1 is 1.43 bits per heavy atom. The van der Waals surface area contributed by atoms with Crippen LogP contribution in [-0.4, -0.2) is 34.7 Å². The molecule has 6 nitrogen and oxygen atoms in total. The van der Waals surface area contributed by atoms with Crippen molar-refractivity contribution >= 4 is 17.6 Å². The molecule has 21 heavy (non-hydrogen) atoms. The minimum absolute atomic E-state index is 0.220. The molecule has 0 saturated heterocycles. The highest BCUT2D eigenvalue weighted by atomic mass is 35.5. The molecule has 0 N–H and O–H groups in total. The zero-order valence-corrected chi connectivity index (χ0v) is 12.8. The van der Waals surface area contributed by atoms with Gasteiger partial charge >= 0.3 is 5.97 Å². The molecule has 0 aliphatic rings. The normalized spacial score (nSPS) is 10.5. The molecular formula is C14H16ClN3O3. The van der Waals surface area contributed by atoms with Crippen LogP contribution in [0.25, 0.3) is 0 Å². The van der Waals surface area contributed by atoms with Gasteiger partial charge in [0, 0.05) is 10.6 Å². The van der Waals surface area contributed by atoms with Crippen LogP contribution in [0.15, 0.2) is 18.2 Å². The molecule has 0 spiro atoms. The van der Waals surface area contributed by atoms with Crippen molar-refractivity contribution in [2.24, 2.45) is 0 Å². The van der Waals surface area contributed by atoms with Crippen LogP contribution in [0.2, 0.25) is 5.02 Å². The number of benzene rings is 1. The standard InChI is InChI=1S/C14H16ClN3O3/c1-4-21-14(19)13-9(2)18(17-16-13)8-10-7-11(15)5-6-12(10)20-3/h5-7H,4,8H2,1-3H3. The second-order valence-corrected chi connectivity index (χ2v) is 4.79. The molecule has 1 aromatic heterocycles. The maximum atomic E-state index is 11.7. The number of methoxy groups -OCH3 is 1. The van der Waals surface area contributed by atoms with Crippen molar-refractivity contribution in [2.75, 3.05) is 13.7 Å². The van der Waals surface area contributed by atoms with Gasteiger partial charge in [0.2, 0.25) is 0 Å². The number of esters is 1. The SMILES string of the molecule is CCOC(=O)c1nnn(Cc2cc(Cl)ccc2OC)c1C. The molecule has 0 aliphatic carbocycles. The van der Waals surface area contributed by atoms with Crippen molar-refractivity contribution in [2.45, 2.75) is 20.4 Å². The minimum atomic E-state index is -0.473. The monoisotopic (exact) mass is 309 g/mol. The smallest absolute Gasteiger partial charge is 0.360 e. The first kappa shape index (κ1) is 15.3. The number of aromatic nitrogens is 3. The largest absolute Gasteiger partial charge is 0.496 e. The van der Waals surface area contributed by atoms with E-state index >= 15 is 0 Å². The van der Waals surface area contributed by atoms with Gasteiger partial charge in [0.15, 0.2) is 5.69 Å². The van der Waals surface area contributed by atoms with Crippen LogP contribution in [-0.2, 0) is 11.3 Å².